The van der Waals surface area contributed by atoms with Gasteiger partial charge in [-0.05, 0) is 88.8 Å². The van der Waals surface area contributed by atoms with Crippen LogP contribution in [0.4, 0.5) is 0 Å². The van der Waals surface area contributed by atoms with E-state index in [0.29, 0.717) is 0 Å². The zero-order chi connectivity index (χ0) is 45.9. The van der Waals surface area contributed by atoms with Gasteiger partial charge in [-0.2, -0.15) is 0 Å². The van der Waals surface area contributed by atoms with Crippen molar-refractivity contribution in [3.05, 3.63) is 95.1 Å². The van der Waals surface area contributed by atoms with Crippen LogP contribution in [0.3, 0.4) is 0 Å². The molecule has 0 aliphatic carbocycles. The van der Waals surface area contributed by atoms with Crippen LogP contribution in [0, 0.1) is 43.3 Å². The molecule has 0 aliphatic rings. The highest BCUT2D eigenvalue weighted by atomic mass is 31.0. The zero-order valence-corrected chi connectivity index (χ0v) is 46.9. The van der Waals surface area contributed by atoms with Crippen molar-refractivity contribution in [2.45, 2.75) is 187 Å². The second-order valence-corrected chi connectivity index (χ2v) is 29.4. The summed E-state index contributed by atoms with van der Waals surface area (Å²) in [4.78, 5) is 0. The molecule has 0 amide bonds. The maximum atomic E-state index is 3.45. The number of benzene rings is 3. The third kappa shape index (κ3) is 9.49. The van der Waals surface area contributed by atoms with Crippen LogP contribution >= 0.6 is 37.0 Å². The molecule has 0 aliphatic heterocycles. The van der Waals surface area contributed by atoms with E-state index in [-0.39, 0.29) is 63.9 Å². The van der Waals surface area contributed by atoms with E-state index in [1.165, 1.54) is 33.4 Å². The van der Waals surface area contributed by atoms with E-state index in [2.05, 4.69) is 240 Å². The largest absolute Gasteiger partial charge is 0.125 e. The maximum absolute atomic E-state index is 3.45. The van der Waals surface area contributed by atoms with Gasteiger partial charge in [0.15, 0.2) is 0 Å². The van der Waals surface area contributed by atoms with Gasteiger partial charge in [0.1, 0.15) is 0 Å². The van der Waals surface area contributed by atoms with Crippen molar-refractivity contribution in [2.75, 3.05) is 0 Å². The Bertz CT molecular complexity index is 1620. The lowest BCUT2D eigenvalue weighted by Gasteiger charge is -2.58. The molecule has 0 N–H and O–H groups in total. The topological polar surface area (TPSA) is 0 Å². The molecule has 0 radical (unpaired) electrons. The minimum absolute atomic E-state index is 0.0111. The molecular weight excluding hydrogens is 772 g/mol. The summed E-state index contributed by atoms with van der Waals surface area (Å²) in [7, 11) is 13.7. The first-order valence-electron chi connectivity index (χ1n) is 21.9. The Morgan fingerprint density at radius 2 is 0.397 bits per heavy atom. The predicted octanol–water partition coefficient (Wildman–Crippen LogP) is 17.7. The Labute approximate surface area is 371 Å². The summed E-state index contributed by atoms with van der Waals surface area (Å²) in [5, 5.41) is -0.816. The molecule has 0 spiro atoms. The van der Waals surface area contributed by atoms with Crippen molar-refractivity contribution in [3.8, 4) is 11.1 Å². The van der Waals surface area contributed by atoms with E-state index in [9.17, 15) is 0 Å². The van der Waals surface area contributed by atoms with Crippen LogP contribution in [0.5, 0.6) is 0 Å². The molecule has 328 valence electrons. The molecule has 0 aromatic heterocycles. The third-order valence-corrected chi connectivity index (χ3v) is 22.4. The molecule has 3 aromatic carbocycles. The summed E-state index contributed by atoms with van der Waals surface area (Å²) in [5.74, 6) is 0. The molecule has 4 unspecified atom stereocenters. The van der Waals surface area contributed by atoms with E-state index in [0.717, 1.165) is 0 Å². The Balaban J connectivity index is 0.00000176. The number of hydrogen-bond acceptors (Lipinski definition) is 0. The fourth-order valence-electron chi connectivity index (χ4n) is 10.9. The van der Waals surface area contributed by atoms with Crippen molar-refractivity contribution < 1.29 is 0 Å². The smallest absolute Gasteiger partial charge is 0.0197 e. The van der Waals surface area contributed by atoms with Crippen LogP contribution in [-0.2, 0) is 20.6 Å². The number of hydrogen-bond donors (Lipinski definition) is 0. The van der Waals surface area contributed by atoms with Gasteiger partial charge in [-0.15, -0.1) is 37.0 Å². The first-order valence-corrected chi connectivity index (χ1v) is 24.2. The highest BCUT2D eigenvalue weighted by Crippen LogP contribution is 2.67. The highest BCUT2D eigenvalue weighted by Gasteiger charge is 2.57. The first-order chi connectivity index (χ1) is 25.4. The lowest BCUT2D eigenvalue weighted by Crippen LogP contribution is -2.51. The van der Waals surface area contributed by atoms with Gasteiger partial charge in [-0.25, -0.2) is 0 Å². The molecule has 0 saturated carbocycles. The Kier molecular flexibility index (Phi) is 15.5. The second kappa shape index (κ2) is 16.8. The normalized spacial score (nSPS) is 14.9. The van der Waals surface area contributed by atoms with E-state index < -0.39 is 0 Å². The van der Waals surface area contributed by atoms with Gasteiger partial charge in [0, 0.05) is 20.6 Å². The van der Waals surface area contributed by atoms with Crippen LogP contribution in [-0.4, -0.2) is 0 Å². The summed E-state index contributed by atoms with van der Waals surface area (Å²) in [5.41, 5.74) is 8.14. The van der Waals surface area contributed by atoms with Gasteiger partial charge >= 0.3 is 0 Å². The van der Waals surface area contributed by atoms with E-state index >= 15 is 0 Å². The maximum Gasteiger partial charge on any atom is 0.0197 e. The molecule has 0 fully saturated rings. The summed E-state index contributed by atoms with van der Waals surface area (Å²) >= 11 is 0. The molecule has 3 rings (SSSR count). The molecule has 58 heavy (non-hydrogen) atoms. The molecule has 4 atom stereocenters. The lowest BCUT2D eigenvalue weighted by atomic mass is 9.56. The minimum Gasteiger partial charge on any atom is -0.125 e. The fraction of sp³-hybridized carbons (Fsp3) is 0.667. The van der Waals surface area contributed by atoms with Gasteiger partial charge in [0.2, 0.25) is 0 Å². The van der Waals surface area contributed by atoms with Gasteiger partial charge < -0.3 is 0 Å². The highest BCUT2D eigenvalue weighted by molar-refractivity contribution is 7.19. The van der Waals surface area contributed by atoms with Gasteiger partial charge in [-0.3, -0.25) is 0 Å². The molecule has 0 bridgehead atoms. The third-order valence-electron chi connectivity index (χ3n) is 14.2. The van der Waals surface area contributed by atoms with E-state index in [1.807, 2.05) is 36.4 Å². The van der Waals surface area contributed by atoms with Crippen molar-refractivity contribution in [1.82, 2.24) is 0 Å². The minimum atomic E-state index is -0.221. The zero-order valence-electron chi connectivity index (χ0n) is 42.2. The van der Waals surface area contributed by atoms with Gasteiger partial charge in [-0.1, -0.05) is 227 Å². The van der Waals surface area contributed by atoms with Crippen molar-refractivity contribution >= 4 is 37.0 Å². The van der Waals surface area contributed by atoms with Crippen molar-refractivity contribution in [2.24, 2.45) is 43.3 Å². The van der Waals surface area contributed by atoms with E-state index in [4.69, 9.17) is 0 Å². The van der Waals surface area contributed by atoms with Crippen LogP contribution in [0.15, 0.2) is 72.8 Å². The van der Waals surface area contributed by atoms with Crippen LogP contribution in [0.25, 0.3) is 11.1 Å². The first kappa shape index (κ1) is 53.5. The molecule has 4 heteroatoms. The van der Waals surface area contributed by atoms with Crippen molar-refractivity contribution in [1.29, 1.82) is 0 Å². The summed E-state index contributed by atoms with van der Waals surface area (Å²) in [6, 6.07) is 27.1. The monoisotopic (exact) mass is 865 g/mol. The van der Waals surface area contributed by atoms with Crippen LogP contribution in [0.1, 0.15) is 188 Å². The van der Waals surface area contributed by atoms with Gasteiger partial charge in [0.05, 0.1) is 0 Å². The Morgan fingerprint density at radius 3 is 0.552 bits per heavy atom. The SMILES string of the molecule is CC(C)(C)C(P)(c1ccc(-c2ccc(C(P)(C(C)(C)C)C(C)(C)C)c(C(P)(C(C)(C)C)C(C)(C)C)c2)cc1C(P)(C(C)(C)C)C(C)(C)C)C(C)(C)C.c1ccccc1. The van der Waals surface area contributed by atoms with Gasteiger partial charge in [0.25, 0.3) is 0 Å². The molecule has 3 aromatic rings. The summed E-state index contributed by atoms with van der Waals surface area (Å²) in [6.45, 7) is 58.2. The average molecular weight is 865 g/mol. The second-order valence-electron chi connectivity index (χ2n) is 25.9. The van der Waals surface area contributed by atoms with Crippen molar-refractivity contribution in [3.63, 3.8) is 0 Å². The summed E-state index contributed by atoms with van der Waals surface area (Å²) in [6.07, 6.45) is 0. The van der Waals surface area contributed by atoms with Crippen LogP contribution < -0.4 is 0 Å². The molecule has 0 heterocycles. The molecular formula is C54H92P4. The quantitative estimate of drug-likeness (QED) is 0.224. The average Bonchev–Trinajstić information content (AvgIpc) is 3.03. The molecule has 0 nitrogen and oxygen atoms in total. The number of rotatable bonds is 5. The Morgan fingerprint density at radius 1 is 0.241 bits per heavy atom. The fourth-order valence-corrected chi connectivity index (χ4v) is 11.9. The predicted molar refractivity (Wildman–Crippen MR) is 280 cm³/mol. The summed E-state index contributed by atoms with van der Waals surface area (Å²) < 4.78 is 0. The van der Waals surface area contributed by atoms with Crippen LogP contribution in [0.2, 0.25) is 0 Å². The molecule has 0 saturated heterocycles. The lowest BCUT2D eigenvalue weighted by molar-refractivity contribution is 0.118. The standard InChI is InChI=1S/C48H86P4.C6H6/c1-37(2,3)45(49,38(4,5)6)33-27-25-31(29-35(33)47(51,41(13,14)15)42(16,17)18)32-26-28-34(46(50,39(7,8)9)40(10,11)12)36(30-32)48(52,43(19,20)21)44(22,23)24;1-2-4-6-5-3-1/h25-30H,49-52H2,1-24H3;1-6H. The van der Waals surface area contributed by atoms with E-state index in [1.54, 1.807) is 0 Å². The Hall–Kier alpha value is -0.620.